The summed E-state index contributed by atoms with van der Waals surface area (Å²) in [6, 6.07) is 7.77. The van der Waals surface area contributed by atoms with E-state index in [9.17, 15) is 14.3 Å². The van der Waals surface area contributed by atoms with E-state index in [1.165, 1.54) is 23.5 Å². The van der Waals surface area contributed by atoms with Crippen LogP contribution in [0.2, 0.25) is 0 Å². The first-order valence-electron chi connectivity index (χ1n) is 6.69. The summed E-state index contributed by atoms with van der Waals surface area (Å²) in [7, 11) is 0. The van der Waals surface area contributed by atoms with Crippen molar-refractivity contribution < 1.29 is 18.7 Å². The molecular formula is C16H14FNO3S. The number of halogens is 1. The van der Waals surface area contributed by atoms with Gasteiger partial charge < -0.3 is 14.8 Å². The largest absolute Gasteiger partial charge is 0.448 e. The van der Waals surface area contributed by atoms with E-state index in [0.29, 0.717) is 5.39 Å². The molecule has 0 aliphatic rings. The van der Waals surface area contributed by atoms with Gasteiger partial charge in [0.2, 0.25) is 0 Å². The molecule has 3 rings (SSSR count). The predicted molar refractivity (Wildman–Crippen MR) is 82.4 cm³/mol. The van der Waals surface area contributed by atoms with E-state index < -0.39 is 17.3 Å². The Bertz CT molecular complexity index is 808. The highest BCUT2D eigenvalue weighted by molar-refractivity contribution is 7.08. The smallest absolute Gasteiger partial charge is 0.287 e. The molecule has 2 heterocycles. The molecule has 0 aliphatic carbocycles. The van der Waals surface area contributed by atoms with Crippen molar-refractivity contribution in [1.82, 2.24) is 5.32 Å². The van der Waals surface area contributed by atoms with Gasteiger partial charge in [0.1, 0.15) is 5.60 Å². The van der Waals surface area contributed by atoms with Crippen LogP contribution in [-0.4, -0.2) is 17.6 Å². The lowest BCUT2D eigenvalue weighted by molar-refractivity contribution is 0.0523. The van der Waals surface area contributed by atoms with E-state index >= 15 is 0 Å². The summed E-state index contributed by atoms with van der Waals surface area (Å²) in [5, 5.41) is 17.2. The number of hydrogen-bond acceptors (Lipinski definition) is 4. The summed E-state index contributed by atoms with van der Waals surface area (Å²) in [4.78, 5) is 12.1. The molecule has 3 aromatic rings. The lowest BCUT2D eigenvalue weighted by atomic mass is 9.99. The van der Waals surface area contributed by atoms with Crippen LogP contribution in [-0.2, 0) is 5.60 Å². The molecule has 0 unspecified atom stereocenters. The van der Waals surface area contributed by atoms with Crippen LogP contribution in [0.5, 0.6) is 0 Å². The highest BCUT2D eigenvalue weighted by Crippen LogP contribution is 2.24. The van der Waals surface area contributed by atoms with E-state index in [1.54, 1.807) is 25.1 Å². The molecule has 1 aromatic carbocycles. The molecule has 0 saturated heterocycles. The maximum Gasteiger partial charge on any atom is 0.287 e. The Morgan fingerprint density at radius 3 is 2.95 bits per heavy atom. The van der Waals surface area contributed by atoms with Gasteiger partial charge in [0.05, 0.1) is 6.54 Å². The number of fused-ring (bicyclic) bond motifs is 1. The molecule has 0 aliphatic heterocycles. The second kappa shape index (κ2) is 5.55. The molecule has 0 spiro atoms. The summed E-state index contributed by atoms with van der Waals surface area (Å²) in [5.41, 5.74) is -0.391. The maximum atomic E-state index is 13.6. The Kier molecular flexibility index (Phi) is 3.72. The quantitative estimate of drug-likeness (QED) is 0.776. The van der Waals surface area contributed by atoms with Crippen molar-refractivity contribution in [2.75, 3.05) is 6.54 Å². The zero-order valence-electron chi connectivity index (χ0n) is 11.8. The normalized spacial score (nSPS) is 14.0. The number of carbonyl (C=O) groups excluding carboxylic acids is 1. The van der Waals surface area contributed by atoms with Crippen molar-refractivity contribution >= 4 is 28.2 Å². The van der Waals surface area contributed by atoms with Gasteiger partial charge >= 0.3 is 0 Å². The fourth-order valence-electron chi connectivity index (χ4n) is 2.15. The zero-order valence-corrected chi connectivity index (χ0v) is 12.6. The number of hydrogen-bond donors (Lipinski definition) is 2. The van der Waals surface area contributed by atoms with E-state index in [0.717, 1.165) is 5.56 Å². The molecule has 0 saturated carbocycles. The second-order valence-corrected chi connectivity index (χ2v) is 6.02. The Labute approximate surface area is 130 Å². The van der Waals surface area contributed by atoms with Crippen molar-refractivity contribution in [3.63, 3.8) is 0 Å². The van der Waals surface area contributed by atoms with Crippen LogP contribution in [0, 0.1) is 5.82 Å². The van der Waals surface area contributed by atoms with Crippen LogP contribution >= 0.6 is 11.3 Å². The lowest BCUT2D eigenvalue weighted by Crippen LogP contribution is -2.38. The molecule has 22 heavy (non-hydrogen) atoms. The van der Waals surface area contributed by atoms with Crippen LogP contribution in [0.3, 0.4) is 0 Å². The fourth-order valence-corrected chi connectivity index (χ4v) is 2.93. The van der Waals surface area contributed by atoms with Crippen molar-refractivity contribution in [3.05, 3.63) is 58.2 Å². The van der Waals surface area contributed by atoms with Crippen molar-refractivity contribution in [1.29, 1.82) is 0 Å². The average molecular weight is 319 g/mol. The molecule has 1 amide bonds. The van der Waals surface area contributed by atoms with Crippen molar-refractivity contribution in [3.8, 4) is 0 Å². The number of aliphatic hydroxyl groups is 1. The standard InChI is InChI=1S/C16H14FNO3S/c1-16(20,11-5-6-22-8-11)9-18-15(19)13-7-10-3-2-4-12(17)14(10)21-13/h2-8,20H,9H2,1H3,(H,18,19)/t16-/m0/s1. The minimum Gasteiger partial charge on any atom is -0.448 e. The van der Waals surface area contributed by atoms with Crippen LogP contribution in [0.1, 0.15) is 23.0 Å². The Balaban J connectivity index is 1.75. The predicted octanol–water partition coefficient (Wildman–Crippen LogP) is 3.27. The van der Waals surface area contributed by atoms with Gasteiger partial charge in [-0.1, -0.05) is 12.1 Å². The number of nitrogens with one attached hydrogen (secondary N) is 1. The molecule has 6 heteroatoms. The molecule has 0 radical (unpaired) electrons. The highest BCUT2D eigenvalue weighted by atomic mass is 32.1. The zero-order chi connectivity index (χ0) is 15.7. The number of para-hydroxylation sites is 1. The van der Waals surface area contributed by atoms with Gasteiger partial charge in [0.15, 0.2) is 17.2 Å². The van der Waals surface area contributed by atoms with Crippen LogP contribution < -0.4 is 5.32 Å². The van der Waals surface area contributed by atoms with E-state index in [2.05, 4.69) is 5.32 Å². The number of benzene rings is 1. The van der Waals surface area contributed by atoms with Crippen LogP contribution in [0.15, 0.2) is 45.5 Å². The summed E-state index contributed by atoms with van der Waals surface area (Å²) < 4.78 is 18.8. The minimum absolute atomic E-state index is 0.0150. The number of amides is 1. The van der Waals surface area contributed by atoms with Crippen molar-refractivity contribution in [2.24, 2.45) is 0 Å². The van der Waals surface area contributed by atoms with Crippen LogP contribution in [0.25, 0.3) is 11.0 Å². The summed E-state index contributed by atoms with van der Waals surface area (Å²) in [6.45, 7) is 1.65. The second-order valence-electron chi connectivity index (χ2n) is 5.24. The molecule has 0 bridgehead atoms. The number of thiophene rings is 1. The van der Waals surface area contributed by atoms with Gasteiger partial charge in [-0.25, -0.2) is 4.39 Å². The molecule has 2 aromatic heterocycles. The molecular weight excluding hydrogens is 305 g/mol. The van der Waals surface area contributed by atoms with E-state index in [-0.39, 0.29) is 17.9 Å². The topological polar surface area (TPSA) is 62.5 Å². The van der Waals surface area contributed by atoms with Crippen LogP contribution in [0.4, 0.5) is 4.39 Å². The average Bonchev–Trinajstić information content (AvgIpc) is 3.14. The van der Waals surface area contributed by atoms with Gasteiger partial charge in [-0.15, -0.1) is 0 Å². The first-order valence-corrected chi connectivity index (χ1v) is 7.63. The Hall–Kier alpha value is -2.18. The van der Waals surface area contributed by atoms with Gasteiger partial charge in [0, 0.05) is 5.39 Å². The SMILES string of the molecule is C[C@](O)(CNC(=O)c1cc2cccc(F)c2o1)c1ccsc1. The van der Waals surface area contributed by atoms with Gasteiger partial charge in [-0.05, 0) is 41.4 Å². The third-order valence-electron chi connectivity index (χ3n) is 3.46. The highest BCUT2D eigenvalue weighted by Gasteiger charge is 2.25. The lowest BCUT2D eigenvalue weighted by Gasteiger charge is -2.22. The fraction of sp³-hybridized carbons (Fsp3) is 0.188. The Morgan fingerprint density at radius 1 is 1.45 bits per heavy atom. The van der Waals surface area contributed by atoms with Crippen molar-refractivity contribution in [2.45, 2.75) is 12.5 Å². The van der Waals surface area contributed by atoms with Gasteiger partial charge in [-0.2, -0.15) is 11.3 Å². The maximum absolute atomic E-state index is 13.6. The third-order valence-corrected chi connectivity index (χ3v) is 4.14. The molecule has 2 N–H and O–H groups in total. The van der Waals surface area contributed by atoms with E-state index in [4.69, 9.17) is 4.42 Å². The summed E-state index contributed by atoms with van der Waals surface area (Å²) in [6.07, 6.45) is 0. The monoisotopic (exact) mass is 319 g/mol. The molecule has 0 fully saturated rings. The molecule has 1 atom stereocenters. The first kappa shape index (κ1) is 14.7. The molecule has 114 valence electrons. The van der Waals surface area contributed by atoms with Gasteiger partial charge in [0.25, 0.3) is 5.91 Å². The number of carbonyl (C=O) groups is 1. The first-order chi connectivity index (χ1) is 10.5. The number of furan rings is 1. The summed E-state index contributed by atoms with van der Waals surface area (Å²) in [5.74, 6) is -0.992. The number of rotatable bonds is 4. The third kappa shape index (κ3) is 2.75. The summed E-state index contributed by atoms with van der Waals surface area (Å²) >= 11 is 1.47. The Morgan fingerprint density at radius 2 is 2.27 bits per heavy atom. The molecule has 4 nitrogen and oxygen atoms in total. The minimum atomic E-state index is -1.17. The van der Waals surface area contributed by atoms with Gasteiger partial charge in [-0.3, -0.25) is 4.79 Å². The van der Waals surface area contributed by atoms with E-state index in [1.807, 2.05) is 10.8 Å².